The maximum Gasteiger partial charge on any atom is 0.141 e. The highest BCUT2D eigenvalue weighted by molar-refractivity contribution is 5.79. The Bertz CT molecular complexity index is 734. The second-order valence-corrected chi connectivity index (χ2v) is 3.87. The van der Waals surface area contributed by atoms with Gasteiger partial charge >= 0.3 is 0 Å². The molecule has 0 saturated heterocycles. The zero-order chi connectivity index (χ0) is 12.7. The molecule has 0 bridgehead atoms. The van der Waals surface area contributed by atoms with E-state index in [1.807, 2.05) is 0 Å². The van der Waals surface area contributed by atoms with E-state index >= 15 is 0 Å². The molecule has 0 saturated carbocycles. The SMILES string of the molecule is Fc1ccc(-c2nc3ccc(F)cc3[nH]2)c(F)c1. The van der Waals surface area contributed by atoms with Crippen molar-refractivity contribution in [2.45, 2.75) is 0 Å². The number of hydrogen-bond donors (Lipinski definition) is 1. The van der Waals surface area contributed by atoms with Gasteiger partial charge in [-0.15, -0.1) is 0 Å². The van der Waals surface area contributed by atoms with E-state index in [1.165, 1.54) is 24.3 Å². The summed E-state index contributed by atoms with van der Waals surface area (Å²) in [5, 5.41) is 0. The summed E-state index contributed by atoms with van der Waals surface area (Å²) in [5.41, 5.74) is 1.14. The van der Waals surface area contributed by atoms with Gasteiger partial charge in [0.05, 0.1) is 16.6 Å². The normalized spacial score (nSPS) is 11.1. The van der Waals surface area contributed by atoms with Crippen molar-refractivity contribution in [3.8, 4) is 11.4 Å². The van der Waals surface area contributed by atoms with Crippen molar-refractivity contribution < 1.29 is 13.2 Å². The van der Waals surface area contributed by atoms with Gasteiger partial charge in [-0.3, -0.25) is 0 Å². The monoisotopic (exact) mass is 248 g/mol. The number of benzene rings is 2. The van der Waals surface area contributed by atoms with Crippen molar-refractivity contribution in [1.82, 2.24) is 9.97 Å². The smallest absolute Gasteiger partial charge is 0.141 e. The fourth-order valence-electron chi connectivity index (χ4n) is 1.79. The number of aromatic nitrogens is 2. The third-order valence-corrected chi connectivity index (χ3v) is 2.63. The number of aromatic amines is 1. The van der Waals surface area contributed by atoms with Crippen LogP contribution in [-0.2, 0) is 0 Å². The third-order valence-electron chi connectivity index (χ3n) is 2.63. The van der Waals surface area contributed by atoms with Crippen LogP contribution >= 0.6 is 0 Å². The molecule has 2 nitrogen and oxygen atoms in total. The van der Waals surface area contributed by atoms with Crippen molar-refractivity contribution >= 4 is 11.0 Å². The molecule has 0 atom stereocenters. The molecular formula is C13H7F3N2. The summed E-state index contributed by atoms with van der Waals surface area (Å²) < 4.78 is 39.4. The van der Waals surface area contributed by atoms with Crippen LogP contribution in [0.25, 0.3) is 22.4 Å². The minimum absolute atomic E-state index is 0.146. The van der Waals surface area contributed by atoms with E-state index in [9.17, 15) is 13.2 Å². The fraction of sp³-hybridized carbons (Fsp3) is 0. The molecule has 0 spiro atoms. The Balaban J connectivity index is 2.19. The van der Waals surface area contributed by atoms with Gasteiger partial charge in [0.1, 0.15) is 23.3 Å². The zero-order valence-corrected chi connectivity index (χ0v) is 9.05. The zero-order valence-electron chi connectivity index (χ0n) is 9.05. The van der Waals surface area contributed by atoms with Crippen molar-refractivity contribution in [2.24, 2.45) is 0 Å². The van der Waals surface area contributed by atoms with Gasteiger partial charge in [-0.25, -0.2) is 18.2 Å². The maximum atomic E-state index is 13.6. The number of hydrogen-bond acceptors (Lipinski definition) is 1. The van der Waals surface area contributed by atoms with E-state index in [1.54, 1.807) is 0 Å². The minimum Gasteiger partial charge on any atom is -0.338 e. The van der Waals surface area contributed by atoms with E-state index < -0.39 is 17.5 Å². The van der Waals surface area contributed by atoms with Gasteiger partial charge in [0.25, 0.3) is 0 Å². The minimum atomic E-state index is -0.713. The van der Waals surface area contributed by atoms with E-state index in [0.29, 0.717) is 11.0 Å². The lowest BCUT2D eigenvalue weighted by atomic mass is 10.2. The van der Waals surface area contributed by atoms with Crippen LogP contribution in [0.5, 0.6) is 0 Å². The van der Waals surface area contributed by atoms with Crippen molar-refractivity contribution in [1.29, 1.82) is 0 Å². The summed E-state index contributed by atoms with van der Waals surface area (Å²) in [7, 11) is 0. The van der Waals surface area contributed by atoms with Crippen LogP contribution in [0, 0.1) is 17.5 Å². The first-order valence-electron chi connectivity index (χ1n) is 5.24. The summed E-state index contributed by atoms with van der Waals surface area (Å²) in [6.45, 7) is 0. The molecule has 18 heavy (non-hydrogen) atoms. The first kappa shape index (κ1) is 10.8. The summed E-state index contributed by atoms with van der Waals surface area (Å²) in [6, 6.07) is 7.25. The Morgan fingerprint density at radius 2 is 1.61 bits per heavy atom. The average molecular weight is 248 g/mol. The van der Waals surface area contributed by atoms with Crippen LogP contribution in [0.15, 0.2) is 36.4 Å². The van der Waals surface area contributed by atoms with Crippen LogP contribution in [0.4, 0.5) is 13.2 Å². The molecule has 90 valence electrons. The Labute approximate surface area is 100 Å². The number of nitrogens with zero attached hydrogens (tertiary/aromatic N) is 1. The lowest BCUT2D eigenvalue weighted by Gasteiger charge is -1.98. The molecule has 0 aliphatic rings. The van der Waals surface area contributed by atoms with E-state index in [2.05, 4.69) is 9.97 Å². The van der Waals surface area contributed by atoms with E-state index in [0.717, 1.165) is 12.1 Å². The van der Waals surface area contributed by atoms with Crippen LogP contribution < -0.4 is 0 Å². The van der Waals surface area contributed by atoms with Gasteiger partial charge < -0.3 is 4.98 Å². The van der Waals surface area contributed by atoms with E-state index in [-0.39, 0.29) is 11.4 Å². The molecule has 3 aromatic rings. The Morgan fingerprint density at radius 1 is 0.889 bits per heavy atom. The molecule has 0 amide bonds. The maximum absolute atomic E-state index is 13.6. The molecule has 5 heteroatoms. The van der Waals surface area contributed by atoms with Crippen LogP contribution in [0.2, 0.25) is 0 Å². The molecule has 3 rings (SSSR count). The Hall–Kier alpha value is -2.30. The third kappa shape index (κ3) is 1.73. The molecule has 0 aliphatic carbocycles. The number of imidazole rings is 1. The van der Waals surface area contributed by atoms with Gasteiger partial charge in [0, 0.05) is 6.07 Å². The lowest BCUT2D eigenvalue weighted by molar-refractivity contribution is 0.585. The summed E-state index contributed by atoms with van der Waals surface area (Å²) in [6.07, 6.45) is 0. The molecule has 0 unspecified atom stereocenters. The highest BCUT2D eigenvalue weighted by atomic mass is 19.1. The number of rotatable bonds is 1. The predicted molar refractivity (Wildman–Crippen MR) is 61.4 cm³/mol. The number of H-pyrrole nitrogens is 1. The Kier molecular flexibility index (Phi) is 2.33. The molecule has 0 aliphatic heterocycles. The van der Waals surface area contributed by atoms with Crippen molar-refractivity contribution in [2.75, 3.05) is 0 Å². The predicted octanol–water partition coefficient (Wildman–Crippen LogP) is 3.65. The van der Waals surface area contributed by atoms with Gasteiger partial charge in [0.2, 0.25) is 0 Å². The van der Waals surface area contributed by atoms with Crippen LogP contribution in [0.1, 0.15) is 0 Å². The number of nitrogens with one attached hydrogen (secondary N) is 1. The average Bonchev–Trinajstić information content (AvgIpc) is 2.71. The van der Waals surface area contributed by atoms with Crippen LogP contribution in [0.3, 0.4) is 0 Å². The fourth-order valence-corrected chi connectivity index (χ4v) is 1.79. The summed E-state index contributed by atoms with van der Waals surface area (Å²) in [5.74, 6) is -1.53. The summed E-state index contributed by atoms with van der Waals surface area (Å²) >= 11 is 0. The van der Waals surface area contributed by atoms with Gasteiger partial charge in [-0.05, 0) is 30.3 Å². The molecule has 0 fully saturated rings. The second-order valence-electron chi connectivity index (χ2n) is 3.87. The molecular weight excluding hydrogens is 241 g/mol. The van der Waals surface area contributed by atoms with Gasteiger partial charge in [0.15, 0.2) is 0 Å². The first-order valence-corrected chi connectivity index (χ1v) is 5.24. The highest BCUT2D eigenvalue weighted by Crippen LogP contribution is 2.23. The topological polar surface area (TPSA) is 28.7 Å². The summed E-state index contributed by atoms with van der Waals surface area (Å²) in [4.78, 5) is 6.93. The number of halogens is 3. The second kappa shape index (κ2) is 3.87. The molecule has 1 heterocycles. The van der Waals surface area contributed by atoms with Crippen LogP contribution in [-0.4, -0.2) is 9.97 Å². The molecule has 1 N–H and O–H groups in total. The number of fused-ring (bicyclic) bond motifs is 1. The quantitative estimate of drug-likeness (QED) is 0.699. The highest BCUT2D eigenvalue weighted by Gasteiger charge is 2.11. The van der Waals surface area contributed by atoms with Gasteiger partial charge in [-0.2, -0.15) is 0 Å². The van der Waals surface area contributed by atoms with Gasteiger partial charge in [-0.1, -0.05) is 0 Å². The molecule has 2 aromatic carbocycles. The van der Waals surface area contributed by atoms with Crippen molar-refractivity contribution in [3.63, 3.8) is 0 Å². The van der Waals surface area contributed by atoms with E-state index in [4.69, 9.17) is 0 Å². The first-order chi connectivity index (χ1) is 8.63. The lowest BCUT2D eigenvalue weighted by Crippen LogP contribution is -1.87. The molecule has 0 radical (unpaired) electrons. The standard InChI is InChI=1S/C13H7F3N2/c14-7-1-3-9(10(16)5-7)13-17-11-4-2-8(15)6-12(11)18-13/h1-6H,(H,17,18). The molecule has 1 aromatic heterocycles. The largest absolute Gasteiger partial charge is 0.338 e. The Morgan fingerprint density at radius 3 is 2.39 bits per heavy atom. The van der Waals surface area contributed by atoms with Crippen molar-refractivity contribution in [3.05, 3.63) is 53.8 Å².